The quantitative estimate of drug-likeness (QED) is 0.405. The number of rotatable bonds is 7. The van der Waals surface area contributed by atoms with Crippen molar-refractivity contribution in [3.05, 3.63) is 87.9 Å². The fraction of sp³-hybridized carbons (Fsp3) is 0.240. The molecule has 0 spiro atoms. The average molecular weight is 447 g/mol. The van der Waals surface area contributed by atoms with Gasteiger partial charge in [0, 0.05) is 23.4 Å². The monoisotopic (exact) mass is 447 g/mol. The zero-order valence-electron chi connectivity index (χ0n) is 18.2. The number of nitrogens with zero attached hydrogens (tertiary/aromatic N) is 3. The van der Waals surface area contributed by atoms with Gasteiger partial charge in [0.2, 0.25) is 0 Å². The minimum atomic E-state index is -0.283. The van der Waals surface area contributed by atoms with Crippen molar-refractivity contribution < 1.29 is 18.6 Å². The summed E-state index contributed by atoms with van der Waals surface area (Å²) in [7, 11) is 1.49. The van der Waals surface area contributed by atoms with E-state index >= 15 is 0 Å². The predicted octanol–water partition coefficient (Wildman–Crippen LogP) is 4.79. The second kappa shape index (κ2) is 8.54. The van der Waals surface area contributed by atoms with Crippen LogP contribution in [-0.2, 0) is 6.61 Å². The van der Waals surface area contributed by atoms with Crippen LogP contribution in [0, 0.1) is 12.7 Å². The molecule has 1 saturated carbocycles. The summed E-state index contributed by atoms with van der Waals surface area (Å²) in [4.78, 5) is 20.8. The number of hydrogen-bond acceptors (Lipinski definition) is 6. The van der Waals surface area contributed by atoms with Crippen molar-refractivity contribution in [3.63, 3.8) is 0 Å². The molecule has 8 heteroatoms. The standard InChI is InChI=1S/C25H22FN3O4/c1-15-11-27-23-8-7-19(13-29(23)25(15)30)33-20-10-22(31-2)24(28-12-20)32-14-18-6-5-17(9-21(18)26)16-3-4-16/h5-13,16H,3-4,14H2,1-2H3. The van der Waals surface area contributed by atoms with Crippen molar-refractivity contribution in [2.45, 2.75) is 32.3 Å². The van der Waals surface area contributed by atoms with Gasteiger partial charge >= 0.3 is 0 Å². The molecule has 1 aliphatic carbocycles. The summed E-state index contributed by atoms with van der Waals surface area (Å²) in [5, 5.41) is 0. The summed E-state index contributed by atoms with van der Waals surface area (Å²) in [6.07, 6.45) is 6.84. The van der Waals surface area contributed by atoms with Crippen LogP contribution in [0.1, 0.15) is 35.4 Å². The van der Waals surface area contributed by atoms with E-state index in [0.29, 0.717) is 39.9 Å². The van der Waals surface area contributed by atoms with Gasteiger partial charge in [0.1, 0.15) is 29.6 Å². The summed E-state index contributed by atoms with van der Waals surface area (Å²) >= 11 is 0. The van der Waals surface area contributed by atoms with Crippen LogP contribution in [0.3, 0.4) is 0 Å². The van der Waals surface area contributed by atoms with Crippen LogP contribution in [0.15, 0.2) is 59.8 Å². The number of fused-ring (bicyclic) bond motifs is 1. The first-order chi connectivity index (χ1) is 16.0. The van der Waals surface area contributed by atoms with Crippen LogP contribution >= 0.6 is 0 Å². The Labute approximate surface area is 189 Å². The van der Waals surface area contributed by atoms with E-state index in [0.717, 1.165) is 18.4 Å². The van der Waals surface area contributed by atoms with Crippen LogP contribution in [0.2, 0.25) is 0 Å². The third-order valence-corrected chi connectivity index (χ3v) is 5.59. The molecule has 1 aliphatic rings. The fourth-order valence-corrected chi connectivity index (χ4v) is 3.57. The maximum Gasteiger partial charge on any atom is 0.260 e. The van der Waals surface area contributed by atoms with Crippen molar-refractivity contribution in [2.75, 3.05) is 7.11 Å². The number of benzene rings is 1. The predicted molar refractivity (Wildman–Crippen MR) is 120 cm³/mol. The highest BCUT2D eigenvalue weighted by Gasteiger charge is 2.24. The molecule has 3 aromatic heterocycles. The molecular formula is C25H22FN3O4. The van der Waals surface area contributed by atoms with E-state index in [9.17, 15) is 9.18 Å². The maximum absolute atomic E-state index is 14.4. The second-order valence-electron chi connectivity index (χ2n) is 8.03. The third-order valence-electron chi connectivity index (χ3n) is 5.59. The summed E-state index contributed by atoms with van der Waals surface area (Å²) in [5.74, 6) is 1.61. The Morgan fingerprint density at radius 2 is 1.94 bits per heavy atom. The van der Waals surface area contributed by atoms with E-state index in [1.165, 1.54) is 17.7 Å². The fourth-order valence-electron chi connectivity index (χ4n) is 3.57. The molecular weight excluding hydrogens is 425 g/mol. The van der Waals surface area contributed by atoms with Gasteiger partial charge in [-0.05, 0) is 49.4 Å². The van der Waals surface area contributed by atoms with Gasteiger partial charge in [0.15, 0.2) is 5.75 Å². The number of halogens is 1. The third kappa shape index (κ3) is 4.37. The first-order valence-corrected chi connectivity index (χ1v) is 10.6. The van der Waals surface area contributed by atoms with Crippen molar-refractivity contribution >= 4 is 5.65 Å². The van der Waals surface area contributed by atoms with Crippen LogP contribution in [0.4, 0.5) is 4.39 Å². The van der Waals surface area contributed by atoms with E-state index in [2.05, 4.69) is 9.97 Å². The molecule has 0 atom stereocenters. The lowest BCUT2D eigenvalue weighted by Gasteiger charge is -2.13. The van der Waals surface area contributed by atoms with Gasteiger partial charge in [-0.2, -0.15) is 0 Å². The van der Waals surface area contributed by atoms with Crippen LogP contribution in [0.25, 0.3) is 5.65 Å². The van der Waals surface area contributed by atoms with Gasteiger partial charge in [-0.15, -0.1) is 0 Å². The topological polar surface area (TPSA) is 75.0 Å². The lowest BCUT2D eigenvalue weighted by atomic mass is 10.1. The van der Waals surface area contributed by atoms with Gasteiger partial charge in [0.25, 0.3) is 11.4 Å². The Kier molecular flexibility index (Phi) is 5.42. The molecule has 0 aliphatic heterocycles. The zero-order valence-corrected chi connectivity index (χ0v) is 18.2. The molecule has 3 heterocycles. The number of methoxy groups -OCH3 is 1. The number of aromatic nitrogens is 3. The van der Waals surface area contributed by atoms with Crippen LogP contribution in [0.5, 0.6) is 23.1 Å². The summed E-state index contributed by atoms with van der Waals surface area (Å²) in [6.45, 7) is 1.73. The smallest absolute Gasteiger partial charge is 0.260 e. The summed E-state index contributed by atoms with van der Waals surface area (Å²) in [5.41, 5.74) is 2.38. The van der Waals surface area contributed by atoms with Gasteiger partial charge in [-0.1, -0.05) is 12.1 Å². The Bertz CT molecular complexity index is 1400. The molecule has 7 nitrogen and oxygen atoms in total. The SMILES string of the molecule is COc1cc(Oc2ccc3ncc(C)c(=O)n3c2)cnc1OCc1ccc(C2CC2)cc1F. The maximum atomic E-state index is 14.4. The van der Waals surface area contributed by atoms with E-state index in [-0.39, 0.29) is 23.9 Å². The molecule has 33 heavy (non-hydrogen) atoms. The molecule has 0 unspecified atom stereocenters. The van der Waals surface area contributed by atoms with Crippen molar-refractivity contribution in [1.82, 2.24) is 14.4 Å². The normalized spacial score (nSPS) is 13.2. The van der Waals surface area contributed by atoms with Gasteiger partial charge in [-0.3, -0.25) is 9.20 Å². The molecule has 0 N–H and O–H groups in total. The minimum Gasteiger partial charge on any atom is -0.491 e. The van der Waals surface area contributed by atoms with Crippen LogP contribution < -0.4 is 19.8 Å². The first kappa shape index (κ1) is 20.9. The number of ether oxygens (including phenoxy) is 3. The molecule has 0 radical (unpaired) electrons. The van der Waals surface area contributed by atoms with Crippen LogP contribution in [-0.4, -0.2) is 21.5 Å². The molecule has 0 saturated heterocycles. The van der Waals surface area contributed by atoms with Crippen molar-refractivity contribution in [1.29, 1.82) is 0 Å². The number of aryl methyl sites for hydroxylation is 1. The molecule has 1 aromatic carbocycles. The number of hydrogen-bond donors (Lipinski definition) is 0. The highest BCUT2D eigenvalue weighted by Crippen LogP contribution is 2.40. The summed E-state index contributed by atoms with van der Waals surface area (Å²) < 4.78 is 32.8. The van der Waals surface area contributed by atoms with Gasteiger partial charge in [-0.25, -0.2) is 14.4 Å². The van der Waals surface area contributed by atoms with Gasteiger partial charge < -0.3 is 14.2 Å². The molecule has 0 amide bonds. The Morgan fingerprint density at radius 3 is 2.70 bits per heavy atom. The first-order valence-electron chi connectivity index (χ1n) is 10.6. The highest BCUT2D eigenvalue weighted by atomic mass is 19.1. The second-order valence-corrected chi connectivity index (χ2v) is 8.03. The zero-order chi connectivity index (χ0) is 22.9. The molecule has 4 aromatic rings. The van der Waals surface area contributed by atoms with Gasteiger partial charge in [0.05, 0.1) is 19.5 Å². The average Bonchev–Trinajstić information content (AvgIpc) is 3.67. The Balaban J connectivity index is 1.32. The Morgan fingerprint density at radius 1 is 1.09 bits per heavy atom. The molecule has 0 bridgehead atoms. The summed E-state index contributed by atoms with van der Waals surface area (Å²) in [6, 6.07) is 10.3. The Hall–Kier alpha value is -3.94. The van der Waals surface area contributed by atoms with Crippen molar-refractivity contribution in [2.24, 2.45) is 0 Å². The van der Waals surface area contributed by atoms with Crippen molar-refractivity contribution in [3.8, 4) is 23.1 Å². The lowest BCUT2D eigenvalue weighted by Crippen LogP contribution is -2.16. The van der Waals surface area contributed by atoms with E-state index < -0.39 is 0 Å². The largest absolute Gasteiger partial charge is 0.491 e. The number of pyridine rings is 2. The minimum absolute atomic E-state index is 0.0281. The van der Waals surface area contributed by atoms with E-state index in [1.54, 1.807) is 49.6 Å². The lowest BCUT2D eigenvalue weighted by molar-refractivity contribution is 0.266. The highest BCUT2D eigenvalue weighted by molar-refractivity contribution is 5.44. The molecule has 168 valence electrons. The van der Waals surface area contributed by atoms with E-state index in [1.807, 2.05) is 6.07 Å². The van der Waals surface area contributed by atoms with E-state index in [4.69, 9.17) is 14.2 Å². The molecule has 1 fully saturated rings. The molecule has 5 rings (SSSR count).